The zero-order valence-corrected chi connectivity index (χ0v) is 12.4. The Bertz CT molecular complexity index is 453. The van der Waals surface area contributed by atoms with Gasteiger partial charge in [-0.3, -0.25) is 10.1 Å². The van der Waals surface area contributed by atoms with Gasteiger partial charge in [0.2, 0.25) is 0 Å². The van der Waals surface area contributed by atoms with E-state index in [1.807, 2.05) is 28.7 Å². The molecule has 5 nitrogen and oxygen atoms in total. The number of anilines is 1. The van der Waals surface area contributed by atoms with E-state index in [0.29, 0.717) is 9.49 Å². The molecular weight excluding hydrogens is 345 g/mol. The maximum atomic E-state index is 10.7. The predicted octanol–water partition coefficient (Wildman–Crippen LogP) is 2.56. The number of benzene rings is 1. The van der Waals surface area contributed by atoms with Gasteiger partial charge in [-0.05, 0) is 60.7 Å². The largest absolute Gasteiger partial charge is 0.385 e. The molecule has 1 N–H and O–H groups in total. The molecule has 6 heteroatoms. The summed E-state index contributed by atoms with van der Waals surface area (Å²) in [5.74, 6) is 0.669. The average molecular weight is 361 g/mol. The summed E-state index contributed by atoms with van der Waals surface area (Å²) in [6.45, 7) is 3.21. The van der Waals surface area contributed by atoms with Gasteiger partial charge in [-0.1, -0.05) is 0 Å². The van der Waals surface area contributed by atoms with Crippen LogP contribution in [0.4, 0.5) is 11.4 Å². The minimum Gasteiger partial charge on any atom is -0.385 e. The molecule has 98 valence electrons. The van der Waals surface area contributed by atoms with Crippen LogP contribution in [0.5, 0.6) is 0 Å². The summed E-state index contributed by atoms with van der Waals surface area (Å²) in [6.07, 6.45) is 1.22. The van der Waals surface area contributed by atoms with Gasteiger partial charge in [0.1, 0.15) is 0 Å². The predicted molar refractivity (Wildman–Crippen MR) is 79.9 cm³/mol. The second-order valence-corrected chi connectivity index (χ2v) is 5.88. The van der Waals surface area contributed by atoms with Gasteiger partial charge in [-0.25, -0.2) is 0 Å². The van der Waals surface area contributed by atoms with E-state index in [1.54, 1.807) is 12.1 Å². The second kappa shape index (κ2) is 5.83. The normalized spacial score (nSPS) is 20.0. The van der Waals surface area contributed by atoms with E-state index in [1.165, 1.54) is 6.42 Å². The number of halogens is 1. The third-order valence-electron chi connectivity index (χ3n) is 3.23. The zero-order valence-electron chi connectivity index (χ0n) is 10.2. The van der Waals surface area contributed by atoms with E-state index in [9.17, 15) is 10.1 Å². The molecule has 0 radical (unpaired) electrons. The Kier molecular flexibility index (Phi) is 4.39. The van der Waals surface area contributed by atoms with Gasteiger partial charge < -0.3 is 10.2 Å². The van der Waals surface area contributed by atoms with Crippen molar-refractivity contribution in [2.24, 2.45) is 5.92 Å². The summed E-state index contributed by atoms with van der Waals surface area (Å²) >= 11 is 2.00. The topological polar surface area (TPSA) is 58.4 Å². The van der Waals surface area contributed by atoms with Crippen molar-refractivity contribution in [2.45, 2.75) is 6.42 Å². The Balaban J connectivity index is 1.94. The molecule has 18 heavy (non-hydrogen) atoms. The van der Waals surface area contributed by atoms with Crippen LogP contribution in [0.3, 0.4) is 0 Å². The number of rotatable bonds is 4. The van der Waals surface area contributed by atoms with E-state index in [-0.39, 0.29) is 10.6 Å². The molecule has 0 bridgehead atoms. The summed E-state index contributed by atoms with van der Waals surface area (Å²) in [6, 6.07) is 5.17. The highest BCUT2D eigenvalue weighted by atomic mass is 127. The third-order valence-corrected chi connectivity index (χ3v) is 4.09. The lowest BCUT2D eigenvalue weighted by molar-refractivity contribution is -0.385. The molecule has 1 aromatic rings. The van der Waals surface area contributed by atoms with Crippen molar-refractivity contribution in [3.8, 4) is 0 Å². The average Bonchev–Trinajstić information content (AvgIpc) is 2.72. The highest BCUT2D eigenvalue weighted by Gasteiger charge is 2.19. The highest BCUT2D eigenvalue weighted by molar-refractivity contribution is 14.1. The summed E-state index contributed by atoms with van der Waals surface area (Å²) in [4.78, 5) is 12.7. The number of nitro groups is 1. The summed E-state index contributed by atoms with van der Waals surface area (Å²) in [5, 5.41) is 14.1. The van der Waals surface area contributed by atoms with Crippen LogP contribution in [-0.4, -0.2) is 36.5 Å². The van der Waals surface area contributed by atoms with E-state index in [0.717, 1.165) is 25.3 Å². The molecule has 1 heterocycles. The SMILES string of the molecule is CN1CCC(CNc2ccc([N+](=O)[O-])c(I)c2)C1. The molecule has 0 spiro atoms. The monoisotopic (exact) mass is 361 g/mol. The van der Waals surface area contributed by atoms with Crippen molar-refractivity contribution in [2.75, 3.05) is 32.0 Å². The van der Waals surface area contributed by atoms with Gasteiger partial charge in [-0.2, -0.15) is 0 Å². The maximum Gasteiger partial charge on any atom is 0.282 e. The van der Waals surface area contributed by atoms with Gasteiger partial charge in [0.25, 0.3) is 5.69 Å². The Labute approximate surface area is 120 Å². The molecule has 2 rings (SSSR count). The number of hydrogen-bond acceptors (Lipinski definition) is 4. The summed E-state index contributed by atoms with van der Waals surface area (Å²) < 4.78 is 0.672. The second-order valence-electron chi connectivity index (χ2n) is 4.72. The van der Waals surface area contributed by atoms with Gasteiger partial charge in [-0.15, -0.1) is 0 Å². The fraction of sp³-hybridized carbons (Fsp3) is 0.500. The minimum absolute atomic E-state index is 0.168. The van der Waals surface area contributed by atoms with Crippen LogP contribution < -0.4 is 5.32 Å². The lowest BCUT2D eigenvalue weighted by atomic mass is 10.1. The van der Waals surface area contributed by atoms with Crippen LogP contribution in [0.2, 0.25) is 0 Å². The van der Waals surface area contributed by atoms with E-state index in [2.05, 4.69) is 17.3 Å². The first-order valence-electron chi connectivity index (χ1n) is 5.92. The van der Waals surface area contributed by atoms with Crippen LogP contribution in [0.25, 0.3) is 0 Å². The first-order valence-corrected chi connectivity index (χ1v) is 7.00. The molecule has 1 aromatic carbocycles. The van der Waals surface area contributed by atoms with Crippen molar-refractivity contribution >= 4 is 34.0 Å². The molecule has 0 amide bonds. The standard InChI is InChI=1S/C12H16IN3O2/c1-15-5-4-9(8-15)7-14-10-2-3-12(16(17)18)11(13)6-10/h2-3,6,9,14H,4-5,7-8H2,1H3. The molecule has 1 aliphatic rings. The molecule has 1 saturated heterocycles. The molecule has 1 fully saturated rings. The number of nitro benzene ring substituents is 1. The smallest absolute Gasteiger partial charge is 0.282 e. The van der Waals surface area contributed by atoms with Crippen LogP contribution >= 0.6 is 22.6 Å². The molecule has 1 atom stereocenters. The Morgan fingerprint density at radius 1 is 1.61 bits per heavy atom. The third kappa shape index (κ3) is 3.32. The fourth-order valence-electron chi connectivity index (χ4n) is 2.22. The van der Waals surface area contributed by atoms with Crippen LogP contribution in [0.15, 0.2) is 18.2 Å². The lowest BCUT2D eigenvalue weighted by Gasteiger charge is -2.12. The fourth-order valence-corrected chi connectivity index (χ4v) is 2.93. The zero-order chi connectivity index (χ0) is 13.1. The Morgan fingerprint density at radius 3 is 2.94 bits per heavy atom. The summed E-state index contributed by atoms with van der Waals surface area (Å²) in [7, 11) is 2.13. The highest BCUT2D eigenvalue weighted by Crippen LogP contribution is 2.24. The first kappa shape index (κ1) is 13.5. The van der Waals surface area contributed by atoms with Crippen molar-refractivity contribution in [3.05, 3.63) is 31.9 Å². The molecule has 1 unspecified atom stereocenters. The van der Waals surface area contributed by atoms with Crippen LogP contribution in [0, 0.1) is 19.6 Å². The maximum absolute atomic E-state index is 10.7. The lowest BCUT2D eigenvalue weighted by Crippen LogP contribution is -2.19. The molecule has 1 aliphatic heterocycles. The van der Waals surface area contributed by atoms with Gasteiger partial charge in [0, 0.05) is 24.8 Å². The van der Waals surface area contributed by atoms with Crippen molar-refractivity contribution in [3.63, 3.8) is 0 Å². The quantitative estimate of drug-likeness (QED) is 0.509. The van der Waals surface area contributed by atoms with Crippen LogP contribution in [-0.2, 0) is 0 Å². The Hall–Kier alpha value is -0.890. The molecule has 0 aromatic heterocycles. The van der Waals surface area contributed by atoms with E-state index >= 15 is 0 Å². The number of likely N-dealkylation sites (tertiary alicyclic amines) is 1. The number of nitrogens with one attached hydrogen (secondary N) is 1. The van der Waals surface area contributed by atoms with Crippen molar-refractivity contribution in [1.82, 2.24) is 4.90 Å². The van der Waals surface area contributed by atoms with E-state index < -0.39 is 0 Å². The first-order chi connectivity index (χ1) is 8.56. The van der Waals surface area contributed by atoms with Crippen LogP contribution in [0.1, 0.15) is 6.42 Å². The van der Waals surface area contributed by atoms with Crippen molar-refractivity contribution < 1.29 is 4.92 Å². The Morgan fingerprint density at radius 2 is 2.39 bits per heavy atom. The van der Waals surface area contributed by atoms with Crippen molar-refractivity contribution in [1.29, 1.82) is 0 Å². The molecular formula is C12H16IN3O2. The molecule has 0 saturated carbocycles. The number of hydrogen-bond donors (Lipinski definition) is 1. The number of nitrogens with zero attached hydrogens (tertiary/aromatic N) is 2. The minimum atomic E-state index is -0.350. The van der Waals surface area contributed by atoms with Gasteiger partial charge >= 0.3 is 0 Å². The van der Waals surface area contributed by atoms with Gasteiger partial charge in [0.15, 0.2) is 0 Å². The van der Waals surface area contributed by atoms with Gasteiger partial charge in [0.05, 0.1) is 8.49 Å². The summed E-state index contributed by atoms with van der Waals surface area (Å²) in [5.41, 5.74) is 1.13. The van der Waals surface area contributed by atoms with E-state index in [4.69, 9.17) is 0 Å². The molecule has 0 aliphatic carbocycles.